The second kappa shape index (κ2) is 4.96. The number of carboxylic acid groups (broad SMARTS) is 1. The number of ether oxygens (including phenoxy) is 1. The van der Waals surface area contributed by atoms with Crippen LogP contribution in [0.3, 0.4) is 0 Å². The summed E-state index contributed by atoms with van der Waals surface area (Å²) in [5.41, 5.74) is 0.0120. The number of carboxylic acids is 1. The molecule has 17 heavy (non-hydrogen) atoms. The topological polar surface area (TPSA) is 59.4 Å². The largest absolute Gasteiger partial charge is 0.495 e. The van der Waals surface area contributed by atoms with Gasteiger partial charge in [0.1, 0.15) is 5.75 Å². The van der Waals surface area contributed by atoms with Crippen LogP contribution in [0.15, 0.2) is 23.4 Å². The number of rotatable bonds is 6. The van der Waals surface area contributed by atoms with Crippen LogP contribution in [0.1, 0.15) is 19.3 Å². The average molecular weight is 253 g/mol. The quantitative estimate of drug-likeness (QED) is 0.789. The highest BCUT2D eigenvalue weighted by atomic mass is 32.2. The first-order valence-corrected chi connectivity index (χ1v) is 6.47. The molecular formula is C12H15NO3S. The van der Waals surface area contributed by atoms with Crippen LogP contribution in [0, 0.1) is 5.41 Å². The predicted molar refractivity (Wildman–Crippen MR) is 65.4 cm³/mol. The van der Waals surface area contributed by atoms with Crippen LogP contribution in [0.2, 0.25) is 0 Å². The number of nitrogens with zero attached hydrogens (tertiary/aromatic N) is 1. The minimum Gasteiger partial charge on any atom is -0.495 e. The smallest absolute Gasteiger partial charge is 0.303 e. The van der Waals surface area contributed by atoms with Crippen molar-refractivity contribution in [2.45, 2.75) is 24.3 Å². The predicted octanol–water partition coefficient (Wildman–Crippen LogP) is 2.44. The molecule has 0 amide bonds. The van der Waals surface area contributed by atoms with Gasteiger partial charge in [0.15, 0.2) is 0 Å². The first kappa shape index (κ1) is 12.2. The van der Waals surface area contributed by atoms with E-state index in [1.165, 1.54) is 0 Å². The molecule has 0 unspecified atom stereocenters. The summed E-state index contributed by atoms with van der Waals surface area (Å²) in [5, 5.41) is 9.73. The van der Waals surface area contributed by atoms with Crippen molar-refractivity contribution in [3.63, 3.8) is 0 Å². The maximum atomic E-state index is 10.7. The monoisotopic (exact) mass is 253 g/mol. The standard InChI is InChI=1S/C12H15NO3S/c1-16-9-2-3-10(13-7-9)17-8-12(4-5-12)6-11(14)15/h2-3,7H,4-6,8H2,1H3,(H,14,15). The molecule has 0 saturated heterocycles. The van der Waals surface area contributed by atoms with Gasteiger partial charge < -0.3 is 9.84 Å². The molecule has 2 rings (SSSR count). The number of aliphatic carboxylic acids is 1. The molecule has 1 aromatic rings. The van der Waals surface area contributed by atoms with E-state index in [1.807, 2.05) is 12.1 Å². The SMILES string of the molecule is COc1ccc(SCC2(CC(=O)O)CC2)nc1. The summed E-state index contributed by atoms with van der Waals surface area (Å²) in [6.07, 6.45) is 3.99. The second-order valence-electron chi connectivity index (χ2n) is 4.40. The minimum absolute atomic E-state index is 0.0120. The van der Waals surface area contributed by atoms with Crippen LogP contribution in [0.4, 0.5) is 0 Å². The Kier molecular flexibility index (Phi) is 3.57. The van der Waals surface area contributed by atoms with Gasteiger partial charge in [0.25, 0.3) is 0 Å². The highest BCUT2D eigenvalue weighted by Gasteiger charge is 2.44. The van der Waals surface area contributed by atoms with Crippen LogP contribution in [0.25, 0.3) is 0 Å². The number of hydrogen-bond donors (Lipinski definition) is 1. The third-order valence-electron chi connectivity index (χ3n) is 2.95. The molecule has 0 spiro atoms. The van der Waals surface area contributed by atoms with Crippen molar-refractivity contribution in [1.29, 1.82) is 0 Å². The third kappa shape index (κ3) is 3.36. The molecule has 1 aliphatic rings. The van der Waals surface area contributed by atoms with E-state index in [-0.39, 0.29) is 11.8 Å². The molecule has 1 aromatic heterocycles. The van der Waals surface area contributed by atoms with E-state index < -0.39 is 5.97 Å². The van der Waals surface area contributed by atoms with Crippen LogP contribution in [0.5, 0.6) is 5.75 Å². The third-order valence-corrected chi connectivity index (χ3v) is 4.25. The van der Waals surface area contributed by atoms with Gasteiger partial charge in [-0.3, -0.25) is 4.79 Å². The lowest BCUT2D eigenvalue weighted by atomic mass is 10.1. The Labute approximate surface area is 104 Å². The van der Waals surface area contributed by atoms with E-state index in [2.05, 4.69) is 4.98 Å². The van der Waals surface area contributed by atoms with Crippen LogP contribution in [-0.4, -0.2) is 28.9 Å². The molecule has 1 N–H and O–H groups in total. The number of methoxy groups -OCH3 is 1. The summed E-state index contributed by atoms with van der Waals surface area (Å²) in [6.45, 7) is 0. The minimum atomic E-state index is -0.703. The maximum Gasteiger partial charge on any atom is 0.303 e. The maximum absolute atomic E-state index is 10.7. The summed E-state index contributed by atoms with van der Waals surface area (Å²) in [6, 6.07) is 3.77. The highest BCUT2D eigenvalue weighted by Crippen LogP contribution is 2.51. The average Bonchev–Trinajstić information content (AvgIpc) is 3.06. The van der Waals surface area contributed by atoms with Gasteiger partial charge in [0, 0.05) is 5.75 Å². The Hall–Kier alpha value is -1.23. The fourth-order valence-electron chi connectivity index (χ4n) is 1.67. The Balaban J connectivity index is 1.87. The lowest BCUT2D eigenvalue weighted by molar-refractivity contribution is -0.138. The summed E-state index contributed by atoms with van der Waals surface area (Å²) in [5.74, 6) is 0.866. The van der Waals surface area contributed by atoms with E-state index in [0.717, 1.165) is 29.4 Å². The van der Waals surface area contributed by atoms with Gasteiger partial charge in [-0.25, -0.2) is 4.98 Å². The van der Waals surface area contributed by atoms with E-state index in [0.29, 0.717) is 0 Å². The summed E-state index contributed by atoms with van der Waals surface area (Å²) < 4.78 is 5.03. The Bertz CT molecular complexity index is 401. The van der Waals surface area contributed by atoms with E-state index in [4.69, 9.17) is 9.84 Å². The van der Waals surface area contributed by atoms with Crippen molar-refractivity contribution < 1.29 is 14.6 Å². The van der Waals surface area contributed by atoms with Gasteiger partial charge in [-0.1, -0.05) is 0 Å². The van der Waals surface area contributed by atoms with Crippen molar-refractivity contribution in [3.8, 4) is 5.75 Å². The molecule has 5 heteroatoms. The van der Waals surface area contributed by atoms with Gasteiger partial charge in [-0.2, -0.15) is 0 Å². The van der Waals surface area contributed by atoms with Gasteiger partial charge in [0.2, 0.25) is 0 Å². The van der Waals surface area contributed by atoms with E-state index >= 15 is 0 Å². The lowest BCUT2D eigenvalue weighted by Gasteiger charge is -2.11. The normalized spacial score (nSPS) is 16.5. The molecule has 0 bridgehead atoms. The summed E-state index contributed by atoms with van der Waals surface area (Å²) >= 11 is 1.62. The Morgan fingerprint density at radius 3 is 2.82 bits per heavy atom. The van der Waals surface area contributed by atoms with Crippen molar-refractivity contribution in [3.05, 3.63) is 18.3 Å². The lowest BCUT2D eigenvalue weighted by Crippen LogP contribution is -2.11. The van der Waals surface area contributed by atoms with Crippen molar-refractivity contribution in [2.24, 2.45) is 5.41 Å². The number of carbonyl (C=O) groups is 1. The number of thioether (sulfide) groups is 1. The molecule has 1 heterocycles. The first-order chi connectivity index (χ1) is 8.13. The van der Waals surface area contributed by atoms with Crippen LogP contribution < -0.4 is 4.74 Å². The summed E-state index contributed by atoms with van der Waals surface area (Å²) in [4.78, 5) is 15.0. The Morgan fingerprint density at radius 1 is 1.59 bits per heavy atom. The zero-order chi connectivity index (χ0) is 12.3. The second-order valence-corrected chi connectivity index (χ2v) is 5.39. The van der Waals surface area contributed by atoms with Gasteiger partial charge in [0.05, 0.1) is 24.8 Å². The molecule has 0 aliphatic heterocycles. The molecule has 1 fully saturated rings. The Morgan fingerprint density at radius 2 is 2.35 bits per heavy atom. The van der Waals surface area contributed by atoms with Crippen LogP contribution >= 0.6 is 11.8 Å². The van der Waals surface area contributed by atoms with Gasteiger partial charge in [-0.15, -0.1) is 11.8 Å². The van der Waals surface area contributed by atoms with Crippen molar-refractivity contribution in [1.82, 2.24) is 4.98 Å². The molecule has 4 nitrogen and oxygen atoms in total. The molecule has 92 valence electrons. The van der Waals surface area contributed by atoms with Crippen molar-refractivity contribution in [2.75, 3.05) is 12.9 Å². The van der Waals surface area contributed by atoms with Gasteiger partial charge >= 0.3 is 5.97 Å². The molecule has 1 aliphatic carbocycles. The van der Waals surface area contributed by atoms with Crippen molar-refractivity contribution >= 4 is 17.7 Å². The number of hydrogen-bond acceptors (Lipinski definition) is 4. The number of aromatic nitrogens is 1. The number of pyridine rings is 1. The fraction of sp³-hybridized carbons (Fsp3) is 0.500. The molecule has 0 aromatic carbocycles. The fourth-order valence-corrected chi connectivity index (χ4v) is 2.81. The van der Waals surface area contributed by atoms with Gasteiger partial charge in [-0.05, 0) is 30.4 Å². The molecule has 1 saturated carbocycles. The van der Waals surface area contributed by atoms with E-state index in [1.54, 1.807) is 25.1 Å². The highest BCUT2D eigenvalue weighted by molar-refractivity contribution is 7.99. The molecule has 0 radical (unpaired) electrons. The van der Waals surface area contributed by atoms with Crippen LogP contribution in [-0.2, 0) is 4.79 Å². The molecule has 0 atom stereocenters. The zero-order valence-electron chi connectivity index (χ0n) is 9.68. The van der Waals surface area contributed by atoms with E-state index in [9.17, 15) is 4.79 Å². The first-order valence-electron chi connectivity index (χ1n) is 5.48. The zero-order valence-corrected chi connectivity index (χ0v) is 10.5. The summed E-state index contributed by atoms with van der Waals surface area (Å²) in [7, 11) is 1.61. The molecular weight excluding hydrogens is 238 g/mol.